The van der Waals surface area contributed by atoms with Crippen LogP contribution >= 0.6 is 0 Å². The zero-order chi connectivity index (χ0) is 14.5. The lowest BCUT2D eigenvalue weighted by Gasteiger charge is -2.13. The predicted octanol–water partition coefficient (Wildman–Crippen LogP) is 2.75. The van der Waals surface area contributed by atoms with Crippen molar-refractivity contribution in [2.45, 2.75) is 25.8 Å². The molecule has 106 valence electrons. The summed E-state index contributed by atoms with van der Waals surface area (Å²) in [6, 6.07) is 7.66. The number of carbonyl (C=O) groups excluding carboxylic acids is 1. The van der Waals surface area contributed by atoms with E-state index >= 15 is 0 Å². The van der Waals surface area contributed by atoms with Crippen molar-refractivity contribution in [1.29, 1.82) is 0 Å². The van der Waals surface area contributed by atoms with Crippen molar-refractivity contribution >= 4 is 11.6 Å². The molecule has 0 aliphatic rings. The lowest BCUT2D eigenvalue weighted by molar-refractivity contribution is 0.0938. The molecular weight excluding hydrogens is 259 g/mol. The predicted molar refractivity (Wildman–Crippen MR) is 74.8 cm³/mol. The highest BCUT2D eigenvalue weighted by Crippen LogP contribution is 2.13. The number of anilines is 1. The van der Waals surface area contributed by atoms with Crippen molar-refractivity contribution in [3.8, 4) is 0 Å². The summed E-state index contributed by atoms with van der Waals surface area (Å²) < 4.78 is 18.3. The van der Waals surface area contributed by atoms with Gasteiger partial charge in [-0.3, -0.25) is 4.79 Å². The molecule has 0 aliphatic carbocycles. The van der Waals surface area contributed by atoms with E-state index in [1.807, 2.05) is 19.1 Å². The van der Waals surface area contributed by atoms with E-state index in [0.717, 1.165) is 18.6 Å². The number of furan rings is 1. The Kier molecular flexibility index (Phi) is 4.40. The highest BCUT2D eigenvalue weighted by Gasteiger charge is 2.11. The van der Waals surface area contributed by atoms with Gasteiger partial charge in [-0.05, 0) is 43.7 Å². The molecule has 2 aromatic rings. The number of nitrogens with one attached hydrogen (secondary N) is 1. The van der Waals surface area contributed by atoms with Crippen LogP contribution in [0.25, 0.3) is 0 Å². The largest absolute Gasteiger partial charge is 0.469 e. The second kappa shape index (κ2) is 6.23. The number of carbonyl (C=O) groups is 1. The van der Waals surface area contributed by atoms with E-state index in [9.17, 15) is 9.18 Å². The van der Waals surface area contributed by atoms with Crippen LogP contribution in [0, 0.1) is 5.82 Å². The van der Waals surface area contributed by atoms with Crippen LogP contribution in [0.5, 0.6) is 0 Å². The minimum absolute atomic E-state index is 0.0149. The third-order valence-corrected chi connectivity index (χ3v) is 3.04. The number of halogens is 1. The SMILES string of the molecule is CC(CCc1ccco1)NC(=O)c1ccc(F)c(N)c1. The van der Waals surface area contributed by atoms with E-state index in [0.29, 0.717) is 5.56 Å². The van der Waals surface area contributed by atoms with Gasteiger partial charge in [0.1, 0.15) is 11.6 Å². The molecule has 0 fully saturated rings. The highest BCUT2D eigenvalue weighted by molar-refractivity contribution is 5.95. The molecule has 1 heterocycles. The number of hydrogen-bond acceptors (Lipinski definition) is 3. The Morgan fingerprint density at radius 3 is 2.90 bits per heavy atom. The normalized spacial score (nSPS) is 12.1. The van der Waals surface area contributed by atoms with Crippen molar-refractivity contribution in [3.05, 3.63) is 53.7 Å². The minimum Gasteiger partial charge on any atom is -0.469 e. The van der Waals surface area contributed by atoms with Crippen LogP contribution in [0.15, 0.2) is 41.0 Å². The van der Waals surface area contributed by atoms with Crippen LogP contribution in [0.4, 0.5) is 10.1 Å². The first-order valence-electron chi connectivity index (χ1n) is 6.44. The van der Waals surface area contributed by atoms with Crippen LogP contribution in [0.1, 0.15) is 29.5 Å². The molecule has 0 radical (unpaired) electrons. The number of rotatable bonds is 5. The average Bonchev–Trinajstić information content (AvgIpc) is 2.92. The fourth-order valence-corrected chi connectivity index (χ4v) is 1.88. The maximum Gasteiger partial charge on any atom is 0.251 e. The molecule has 1 aromatic heterocycles. The summed E-state index contributed by atoms with van der Waals surface area (Å²) in [5.41, 5.74) is 5.77. The number of hydrogen-bond donors (Lipinski definition) is 2. The lowest BCUT2D eigenvalue weighted by Crippen LogP contribution is -2.32. The van der Waals surface area contributed by atoms with Crippen LogP contribution < -0.4 is 11.1 Å². The van der Waals surface area contributed by atoms with Crippen molar-refractivity contribution in [2.75, 3.05) is 5.73 Å². The highest BCUT2D eigenvalue weighted by atomic mass is 19.1. The van der Waals surface area contributed by atoms with E-state index < -0.39 is 5.82 Å². The molecule has 0 saturated carbocycles. The second-order valence-electron chi connectivity index (χ2n) is 4.73. The molecule has 1 atom stereocenters. The van der Waals surface area contributed by atoms with Gasteiger partial charge in [0.25, 0.3) is 5.91 Å². The van der Waals surface area contributed by atoms with E-state index in [1.165, 1.54) is 18.2 Å². The molecule has 1 aromatic carbocycles. The summed E-state index contributed by atoms with van der Waals surface area (Å²) in [5.74, 6) is 0.105. The first kappa shape index (κ1) is 14.1. The number of benzene rings is 1. The van der Waals surface area contributed by atoms with Gasteiger partial charge in [-0.2, -0.15) is 0 Å². The summed E-state index contributed by atoms with van der Waals surface area (Å²) in [4.78, 5) is 12.0. The quantitative estimate of drug-likeness (QED) is 0.825. The van der Waals surface area contributed by atoms with Gasteiger partial charge >= 0.3 is 0 Å². The molecule has 4 nitrogen and oxygen atoms in total. The topological polar surface area (TPSA) is 68.3 Å². The maximum absolute atomic E-state index is 13.0. The first-order chi connectivity index (χ1) is 9.56. The van der Waals surface area contributed by atoms with E-state index in [-0.39, 0.29) is 17.6 Å². The monoisotopic (exact) mass is 276 g/mol. The molecule has 1 amide bonds. The van der Waals surface area contributed by atoms with Crippen molar-refractivity contribution < 1.29 is 13.6 Å². The molecule has 1 unspecified atom stereocenters. The number of nitrogen functional groups attached to an aromatic ring is 1. The van der Waals surface area contributed by atoms with Gasteiger partial charge in [-0.25, -0.2) is 4.39 Å². The molecular formula is C15H17FN2O2. The van der Waals surface area contributed by atoms with Crippen LogP contribution in [-0.2, 0) is 6.42 Å². The van der Waals surface area contributed by atoms with Crippen molar-refractivity contribution in [3.63, 3.8) is 0 Å². The molecule has 0 spiro atoms. The Balaban J connectivity index is 1.88. The maximum atomic E-state index is 13.0. The van der Waals surface area contributed by atoms with Gasteiger partial charge in [-0.15, -0.1) is 0 Å². The van der Waals surface area contributed by atoms with E-state index in [4.69, 9.17) is 10.2 Å². The molecule has 20 heavy (non-hydrogen) atoms. The third-order valence-electron chi connectivity index (χ3n) is 3.04. The van der Waals surface area contributed by atoms with Gasteiger partial charge in [0.05, 0.1) is 12.0 Å². The number of amides is 1. The third kappa shape index (κ3) is 3.60. The Morgan fingerprint density at radius 2 is 2.25 bits per heavy atom. The van der Waals surface area contributed by atoms with Crippen molar-refractivity contribution in [1.82, 2.24) is 5.32 Å². The molecule has 0 aliphatic heterocycles. The van der Waals surface area contributed by atoms with Gasteiger partial charge in [0.15, 0.2) is 0 Å². The summed E-state index contributed by atoms with van der Waals surface area (Å²) in [7, 11) is 0. The summed E-state index contributed by atoms with van der Waals surface area (Å²) in [5, 5.41) is 2.85. The average molecular weight is 276 g/mol. The van der Waals surface area contributed by atoms with E-state index in [1.54, 1.807) is 6.26 Å². The fraction of sp³-hybridized carbons (Fsp3) is 0.267. The van der Waals surface area contributed by atoms with Gasteiger partial charge in [-0.1, -0.05) is 0 Å². The van der Waals surface area contributed by atoms with Gasteiger partial charge in [0.2, 0.25) is 0 Å². The lowest BCUT2D eigenvalue weighted by atomic mass is 10.1. The van der Waals surface area contributed by atoms with Gasteiger partial charge in [0, 0.05) is 18.0 Å². The summed E-state index contributed by atoms with van der Waals surface area (Å²) in [6.45, 7) is 1.91. The van der Waals surface area contributed by atoms with Crippen LogP contribution in [0.2, 0.25) is 0 Å². The first-order valence-corrected chi connectivity index (χ1v) is 6.44. The standard InChI is InChI=1S/C15H17FN2O2/c1-10(4-6-12-3-2-8-20-12)18-15(19)11-5-7-13(16)14(17)9-11/h2-3,5,7-10H,4,6,17H2,1H3,(H,18,19). The number of nitrogens with two attached hydrogens (primary N) is 1. The van der Waals surface area contributed by atoms with Gasteiger partial charge < -0.3 is 15.5 Å². The molecule has 0 saturated heterocycles. The fourth-order valence-electron chi connectivity index (χ4n) is 1.88. The zero-order valence-electron chi connectivity index (χ0n) is 11.2. The molecule has 2 rings (SSSR count). The van der Waals surface area contributed by atoms with E-state index in [2.05, 4.69) is 5.32 Å². The zero-order valence-corrected chi connectivity index (χ0v) is 11.2. The van der Waals surface area contributed by atoms with Crippen LogP contribution in [-0.4, -0.2) is 11.9 Å². The summed E-state index contributed by atoms with van der Waals surface area (Å²) >= 11 is 0. The van der Waals surface area contributed by atoms with Crippen molar-refractivity contribution in [2.24, 2.45) is 0 Å². The molecule has 3 N–H and O–H groups in total. The Labute approximate surface area is 116 Å². The molecule has 5 heteroatoms. The smallest absolute Gasteiger partial charge is 0.251 e. The van der Waals surface area contributed by atoms with Crippen LogP contribution in [0.3, 0.4) is 0 Å². The Bertz CT molecular complexity index is 582. The Hall–Kier alpha value is -2.30. The second-order valence-corrected chi connectivity index (χ2v) is 4.73. The number of aryl methyl sites for hydroxylation is 1. The molecule has 0 bridgehead atoms. The minimum atomic E-state index is -0.521. The Morgan fingerprint density at radius 1 is 1.45 bits per heavy atom. The summed E-state index contributed by atoms with van der Waals surface area (Å²) in [6.07, 6.45) is 3.13.